The molecule has 22 heavy (non-hydrogen) atoms. The SMILES string of the molecule is COc1cccc2sc(N3CCC4(C3)NC(=O)NC4=O)nc12. The van der Waals surface area contributed by atoms with E-state index in [1.807, 2.05) is 23.1 Å². The number of carbonyl (C=O) groups is 2. The van der Waals surface area contributed by atoms with Gasteiger partial charge >= 0.3 is 6.03 Å². The minimum Gasteiger partial charge on any atom is -0.494 e. The number of hydrogen-bond acceptors (Lipinski definition) is 6. The van der Waals surface area contributed by atoms with Gasteiger partial charge in [0, 0.05) is 6.54 Å². The van der Waals surface area contributed by atoms with Crippen molar-refractivity contribution in [3.8, 4) is 5.75 Å². The van der Waals surface area contributed by atoms with Gasteiger partial charge in [-0.15, -0.1) is 0 Å². The minimum absolute atomic E-state index is 0.251. The molecule has 1 aromatic carbocycles. The van der Waals surface area contributed by atoms with Gasteiger partial charge in [-0.3, -0.25) is 10.1 Å². The van der Waals surface area contributed by atoms with Gasteiger partial charge in [0.05, 0.1) is 18.4 Å². The van der Waals surface area contributed by atoms with E-state index < -0.39 is 11.6 Å². The number of benzene rings is 1. The summed E-state index contributed by atoms with van der Waals surface area (Å²) in [6.45, 7) is 1.11. The molecule has 2 saturated heterocycles. The summed E-state index contributed by atoms with van der Waals surface area (Å²) in [5.41, 5.74) is 0.00446. The molecular weight excluding hydrogens is 304 g/mol. The highest BCUT2D eigenvalue weighted by atomic mass is 32.1. The zero-order valence-electron chi connectivity index (χ0n) is 11.9. The highest BCUT2D eigenvalue weighted by Crippen LogP contribution is 2.37. The molecule has 2 aliphatic rings. The van der Waals surface area contributed by atoms with Crippen molar-refractivity contribution < 1.29 is 14.3 Å². The van der Waals surface area contributed by atoms with Gasteiger partial charge in [-0.05, 0) is 18.6 Å². The molecule has 3 heterocycles. The molecule has 3 amide bonds. The predicted octanol–water partition coefficient (Wildman–Crippen LogP) is 1.09. The fourth-order valence-electron chi connectivity index (χ4n) is 3.00. The molecule has 1 aromatic heterocycles. The molecule has 2 aliphatic heterocycles. The lowest BCUT2D eigenvalue weighted by atomic mass is 10.00. The number of urea groups is 1. The Balaban J connectivity index is 1.66. The number of ether oxygens (including phenoxy) is 1. The average molecular weight is 318 g/mol. The molecule has 7 nitrogen and oxygen atoms in total. The summed E-state index contributed by atoms with van der Waals surface area (Å²) < 4.78 is 6.37. The standard InChI is InChI=1S/C14H14N4O3S/c1-21-8-3-2-4-9-10(8)15-13(22-9)18-6-5-14(7-18)11(19)16-12(20)17-14/h2-4H,5-7H2,1H3,(H2,16,17,19,20). The Hall–Kier alpha value is -2.35. The Bertz CT molecular complexity index is 789. The van der Waals surface area contributed by atoms with Crippen LogP contribution in [0.4, 0.5) is 9.93 Å². The van der Waals surface area contributed by atoms with E-state index in [1.165, 1.54) is 0 Å². The fourth-order valence-corrected chi connectivity index (χ4v) is 4.01. The van der Waals surface area contributed by atoms with Crippen molar-refractivity contribution in [3.63, 3.8) is 0 Å². The Morgan fingerprint density at radius 3 is 3.00 bits per heavy atom. The zero-order chi connectivity index (χ0) is 15.3. The highest BCUT2D eigenvalue weighted by molar-refractivity contribution is 7.22. The highest BCUT2D eigenvalue weighted by Gasteiger charge is 2.51. The van der Waals surface area contributed by atoms with E-state index in [0.29, 0.717) is 19.5 Å². The maximum Gasteiger partial charge on any atom is 0.322 e. The first kappa shape index (κ1) is 13.3. The van der Waals surface area contributed by atoms with Crippen molar-refractivity contribution in [2.45, 2.75) is 12.0 Å². The molecule has 2 N–H and O–H groups in total. The van der Waals surface area contributed by atoms with Gasteiger partial charge in [-0.1, -0.05) is 17.4 Å². The van der Waals surface area contributed by atoms with Crippen molar-refractivity contribution >= 4 is 38.6 Å². The maximum atomic E-state index is 12.0. The van der Waals surface area contributed by atoms with Gasteiger partial charge in [0.1, 0.15) is 16.8 Å². The number of nitrogens with one attached hydrogen (secondary N) is 2. The average Bonchev–Trinajstić information content (AvgIpc) is 3.16. The molecule has 0 aliphatic carbocycles. The van der Waals surface area contributed by atoms with Gasteiger partial charge in [-0.25, -0.2) is 9.78 Å². The van der Waals surface area contributed by atoms with Crippen LogP contribution in [0.25, 0.3) is 10.2 Å². The van der Waals surface area contributed by atoms with E-state index in [4.69, 9.17) is 4.74 Å². The summed E-state index contributed by atoms with van der Waals surface area (Å²) in [5.74, 6) is 0.486. The molecule has 2 aromatic rings. The summed E-state index contributed by atoms with van der Waals surface area (Å²) in [6, 6.07) is 5.38. The first-order chi connectivity index (χ1) is 10.6. The number of amides is 3. The molecule has 0 saturated carbocycles. The number of thiazole rings is 1. The number of hydrogen-bond donors (Lipinski definition) is 2. The number of fused-ring (bicyclic) bond motifs is 1. The lowest BCUT2D eigenvalue weighted by Crippen LogP contribution is -2.49. The number of rotatable bonds is 2. The molecule has 0 radical (unpaired) electrons. The Morgan fingerprint density at radius 1 is 1.41 bits per heavy atom. The van der Waals surface area contributed by atoms with Crippen molar-refractivity contribution in [1.82, 2.24) is 15.6 Å². The third kappa shape index (κ3) is 1.83. The minimum atomic E-state index is -0.820. The third-order valence-corrected chi connectivity index (χ3v) is 5.23. The number of nitrogens with zero attached hydrogens (tertiary/aromatic N) is 2. The fraction of sp³-hybridized carbons (Fsp3) is 0.357. The summed E-state index contributed by atoms with van der Waals surface area (Å²) in [4.78, 5) is 30.1. The van der Waals surface area contributed by atoms with Gasteiger partial charge in [0.2, 0.25) is 0 Å². The van der Waals surface area contributed by atoms with Gasteiger partial charge in [0.15, 0.2) is 5.13 Å². The van der Waals surface area contributed by atoms with Crippen LogP contribution < -0.4 is 20.3 Å². The van der Waals surface area contributed by atoms with E-state index in [1.54, 1.807) is 18.4 Å². The van der Waals surface area contributed by atoms with Crippen molar-refractivity contribution in [2.75, 3.05) is 25.1 Å². The number of carbonyl (C=O) groups excluding carboxylic acids is 2. The number of para-hydroxylation sites is 1. The molecule has 8 heteroatoms. The second kappa shape index (κ2) is 4.57. The molecular formula is C14H14N4O3S. The second-order valence-electron chi connectivity index (χ2n) is 5.47. The monoisotopic (exact) mass is 318 g/mol. The smallest absolute Gasteiger partial charge is 0.322 e. The van der Waals surface area contributed by atoms with Crippen LogP contribution in [0.2, 0.25) is 0 Å². The van der Waals surface area contributed by atoms with Crippen LogP contribution in [-0.2, 0) is 4.79 Å². The first-order valence-corrected chi connectivity index (χ1v) is 7.75. The summed E-state index contributed by atoms with van der Waals surface area (Å²) >= 11 is 1.56. The second-order valence-corrected chi connectivity index (χ2v) is 6.47. The largest absolute Gasteiger partial charge is 0.494 e. The van der Waals surface area contributed by atoms with Crippen molar-refractivity contribution in [2.24, 2.45) is 0 Å². The van der Waals surface area contributed by atoms with E-state index in [2.05, 4.69) is 15.6 Å². The third-order valence-electron chi connectivity index (χ3n) is 4.14. The van der Waals surface area contributed by atoms with Crippen LogP contribution >= 0.6 is 11.3 Å². The molecule has 0 bridgehead atoms. The lowest BCUT2D eigenvalue weighted by Gasteiger charge is -2.20. The summed E-state index contributed by atoms with van der Waals surface area (Å²) in [6.07, 6.45) is 0.581. The molecule has 1 spiro atoms. The molecule has 4 rings (SSSR count). The van der Waals surface area contributed by atoms with Gasteiger partial charge in [-0.2, -0.15) is 0 Å². The van der Waals surface area contributed by atoms with Crippen LogP contribution in [-0.4, -0.2) is 42.7 Å². The van der Waals surface area contributed by atoms with E-state index in [9.17, 15) is 9.59 Å². The first-order valence-electron chi connectivity index (χ1n) is 6.93. The lowest BCUT2D eigenvalue weighted by molar-refractivity contribution is -0.123. The van der Waals surface area contributed by atoms with Gasteiger partial charge in [0.25, 0.3) is 5.91 Å². The molecule has 2 fully saturated rings. The number of imide groups is 1. The van der Waals surface area contributed by atoms with Crippen LogP contribution in [0, 0.1) is 0 Å². The summed E-state index contributed by atoms with van der Waals surface area (Å²) in [7, 11) is 1.62. The zero-order valence-corrected chi connectivity index (χ0v) is 12.7. The van der Waals surface area contributed by atoms with E-state index in [-0.39, 0.29) is 5.91 Å². The van der Waals surface area contributed by atoms with Crippen LogP contribution in [0.15, 0.2) is 18.2 Å². The predicted molar refractivity (Wildman–Crippen MR) is 82.4 cm³/mol. The van der Waals surface area contributed by atoms with Crippen molar-refractivity contribution in [1.29, 1.82) is 0 Å². The number of aromatic nitrogens is 1. The van der Waals surface area contributed by atoms with E-state index >= 15 is 0 Å². The maximum absolute atomic E-state index is 12.0. The van der Waals surface area contributed by atoms with Crippen molar-refractivity contribution in [3.05, 3.63) is 18.2 Å². The Morgan fingerprint density at radius 2 is 2.27 bits per heavy atom. The quantitative estimate of drug-likeness (QED) is 0.810. The Kier molecular flexibility index (Phi) is 2.77. The van der Waals surface area contributed by atoms with Crippen LogP contribution in [0.5, 0.6) is 5.75 Å². The molecule has 114 valence electrons. The van der Waals surface area contributed by atoms with Gasteiger partial charge < -0.3 is 15.0 Å². The topological polar surface area (TPSA) is 83.6 Å². The molecule has 1 unspecified atom stereocenters. The normalized spacial score (nSPS) is 24.1. The number of methoxy groups -OCH3 is 1. The number of anilines is 1. The van der Waals surface area contributed by atoms with E-state index in [0.717, 1.165) is 21.1 Å². The summed E-state index contributed by atoms with van der Waals surface area (Å²) in [5, 5.41) is 5.90. The van der Waals surface area contributed by atoms with Crippen LogP contribution in [0.1, 0.15) is 6.42 Å². The molecule has 1 atom stereocenters. The van der Waals surface area contributed by atoms with Crippen LogP contribution in [0.3, 0.4) is 0 Å². The Labute approximate surface area is 130 Å².